The van der Waals surface area contributed by atoms with E-state index < -0.39 is 5.97 Å². The Morgan fingerprint density at radius 1 is 0.780 bits per heavy atom. The average Bonchev–Trinajstić information content (AvgIpc) is 3.23. The number of esters is 2. The summed E-state index contributed by atoms with van der Waals surface area (Å²) in [7, 11) is 4.55. The number of ether oxygens (including phenoxy) is 6. The Kier molecular flexibility index (Phi) is 11.5. The summed E-state index contributed by atoms with van der Waals surface area (Å²) in [5, 5.41) is 0. The number of rotatable bonds is 5. The van der Waals surface area contributed by atoms with E-state index >= 15 is 0 Å². The van der Waals surface area contributed by atoms with Gasteiger partial charge in [0, 0.05) is 26.2 Å². The van der Waals surface area contributed by atoms with Crippen molar-refractivity contribution in [2.75, 3.05) is 73.8 Å². The lowest BCUT2D eigenvalue weighted by Gasteiger charge is -2.25. The van der Waals surface area contributed by atoms with E-state index in [1.165, 1.54) is 21.3 Å². The first-order valence-electron chi connectivity index (χ1n) is 14.4. The van der Waals surface area contributed by atoms with Crippen molar-refractivity contribution in [1.82, 2.24) is 9.80 Å². The van der Waals surface area contributed by atoms with Gasteiger partial charge in [-0.25, -0.2) is 9.59 Å². The summed E-state index contributed by atoms with van der Waals surface area (Å²) in [6.45, 7) is 6.46. The molecule has 0 radical (unpaired) electrons. The summed E-state index contributed by atoms with van der Waals surface area (Å²) in [5.41, 5.74) is 0.809. The van der Waals surface area contributed by atoms with Crippen molar-refractivity contribution < 1.29 is 38.0 Å². The lowest BCUT2D eigenvalue weighted by atomic mass is 10.1. The SMILES string of the molecule is COc1cc(C(=O)O[C@@H]2CCCOc3cccc(c3)C(=O)OCCCN3CCCN(CC2)CC3)cc(OC)c1OC. The lowest BCUT2D eigenvalue weighted by molar-refractivity contribution is 0.0221. The third-order valence-corrected chi connectivity index (χ3v) is 7.48. The minimum absolute atomic E-state index is 0.298. The third kappa shape index (κ3) is 8.74. The normalized spacial score (nSPS) is 22.5. The van der Waals surface area contributed by atoms with Crippen molar-refractivity contribution in [3.05, 3.63) is 47.5 Å². The molecule has 0 spiro atoms. The molecule has 2 heterocycles. The zero-order chi connectivity index (χ0) is 29.0. The number of hydrogen-bond acceptors (Lipinski definition) is 10. The highest BCUT2D eigenvalue weighted by molar-refractivity contribution is 5.91. The van der Waals surface area contributed by atoms with Crippen LogP contribution in [0.25, 0.3) is 0 Å². The number of benzene rings is 2. The fraction of sp³-hybridized carbons (Fsp3) is 0.548. The highest BCUT2D eigenvalue weighted by Crippen LogP contribution is 2.38. The second-order valence-corrected chi connectivity index (χ2v) is 10.3. The Labute approximate surface area is 242 Å². The standard InChI is InChI=1S/C31H42N2O8/c1-36-27-21-24(22-28(37-2)29(27)38-3)31(35)41-25-10-5-18-39-26-9-4-8-23(20-26)30(34)40-19-7-14-32-12-6-13-33(15-11-25)17-16-32/h4,8-9,20-22,25H,5-7,10-19H2,1-3H3/t25-/m1/s1. The molecule has 10 heteroatoms. The van der Waals surface area contributed by atoms with E-state index in [1.807, 2.05) is 6.07 Å². The number of nitrogens with zero attached hydrogens (tertiary/aromatic N) is 2. The Morgan fingerprint density at radius 2 is 1.46 bits per heavy atom. The van der Waals surface area contributed by atoms with Gasteiger partial charge in [0.25, 0.3) is 0 Å². The molecule has 1 fully saturated rings. The van der Waals surface area contributed by atoms with Gasteiger partial charge in [-0.15, -0.1) is 0 Å². The molecule has 2 aromatic rings. The van der Waals surface area contributed by atoms with E-state index in [0.717, 1.165) is 52.1 Å². The smallest absolute Gasteiger partial charge is 0.338 e. The van der Waals surface area contributed by atoms with Crippen LogP contribution in [0.3, 0.4) is 0 Å². The Balaban J connectivity index is 1.47. The van der Waals surface area contributed by atoms with Gasteiger partial charge in [-0.1, -0.05) is 6.07 Å². The molecule has 0 aliphatic carbocycles. The first kappa shape index (κ1) is 30.5. The maximum atomic E-state index is 13.3. The van der Waals surface area contributed by atoms with Crippen LogP contribution in [0, 0.1) is 0 Å². The molecule has 2 aliphatic heterocycles. The van der Waals surface area contributed by atoms with E-state index in [1.54, 1.807) is 30.3 Å². The van der Waals surface area contributed by atoms with Crippen LogP contribution in [-0.2, 0) is 9.47 Å². The molecular formula is C31H42N2O8. The second kappa shape index (κ2) is 15.5. The van der Waals surface area contributed by atoms with Crippen molar-refractivity contribution in [3.63, 3.8) is 0 Å². The van der Waals surface area contributed by atoms with Gasteiger partial charge >= 0.3 is 11.9 Å². The number of cyclic esters (lactones) is 1. The van der Waals surface area contributed by atoms with Crippen molar-refractivity contribution in [2.45, 2.75) is 38.2 Å². The Bertz CT molecular complexity index is 1130. The van der Waals surface area contributed by atoms with Crippen LogP contribution in [0.2, 0.25) is 0 Å². The van der Waals surface area contributed by atoms with Gasteiger partial charge < -0.3 is 38.2 Å². The fourth-order valence-corrected chi connectivity index (χ4v) is 5.23. The predicted molar refractivity (Wildman–Crippen MR) is 153 cm³/mol. The summed E-state index contributed by atoms with van der Waals surface area (Å²) in [5.74, 6) is 1.04. The van der Waals surface area contributed by atoms with Gasteiger partial charge in [-0.05, 0) is 75.5 Å². The van der Waals surface area contributed by atoms with Crippen molar-refractivity contribution >= 4 is 11.9 Å². The Morgan fingerprint density at radius 3 is 2.17 bits per heavy atom. The van der Waals surface area contributed by atoms with E-state index in [2.05, 4.69) is 9.80 Å². The lowest BCUT2D eigenvalue weighted by Crippen LogP contribution is -2.34. The van der Waals surface area contributed by atoms with Gasteiger partial charge in [-0.2, -0.15) is 0 Å². The van der Waals surface area contributed by atoms with Crippen molar-refractivity contribution in [1.29, 1.82) is 0 Å². The van der Waals surface area contributed by atoms with Crippen LogP contribution in [0.15, 0.2) is 36.4 Å². The molecule has 4 rings (SSSR count). The predicted octanol–water partition coefficient (Wildman–Crippen LogP) is 4.06. The molecular weight excluding hydrogens is 528 g/mol. The molecule has 0 N–H and O–H groups in total. The number of carbonyl (C=O) groups is 2. The van der Waals surface area contributed by atoms with Crippen LogP contribution in [0.5, 0.6) is 23.0 Å². The van der Waals surface area contributed by atoms with Crippen molar-refractivity contribution in [3.8, 4) is 23.0 Å². The largest absolute Gasteiger partial charge is 0.494 e. The molecule has 2 aliphatic rings. The van der Waals surface area contributed by atoms with Gasteiger partial charge in [-0.3, -0.25) is 0 Å². The molecule has 0 saturated carbocycles. The second-order valence-electron chi connectivity index (χ2n) is 10.3. The van der Waals surface area contributed by atoms with E-state index in [4.69, 9.17) is 28.4 Å². The minimum Gasteiger partial charge on any atom is -0.494 e. The molecule has 2 unspecified atom stereocenters. The van der Waals surface area contributed by atoms with Gasteiger partial charge in [0.1, 0.15) is 11.9 Å². The van der Waals surface area contributed by atoms with Crippen LogP contribution < -0.4 is 18.9 Å². The Hall–Kier alpha value is -3.50. The van der Waals surface area contributed by atoms with E-state index in [0.29, 0.717) is 66.6 Å². The molecule has 0 amide bonds. The topological polar surface area (TPSA) is 96.0 Å². The molecule has 3 atom stereocenters. The fourth-order valence-electron chi connectivity index (χ4n) is 5.23. The zero-order valence-electron chi connectivity index (χ0n) is 24.4. The van der Waals surface area contributed by atoms with Gasteiger partial charge in [0.2, 0.25) is 5.75 Å². The van der Waals surface area contributed by atoms with Crippen LogP contribution in [0.4, 0.5) is 0 Å². The van der Waals surface area contributed by atoms with Gasteiger partial charge in [0.05, 0.1) is 45.7 Å². The van der Waals surface area contributed by atoms with Crippen LogP contribution >= 0.6 is 0 Å². The van der Waals surface area contributed by atoms with Crippen LogP contribution in [0.1, 0.15) is 52.8 Å². The molecule has 224 valence electrons. The third-order valence-electron chi connectivity index (χ3n) is 7.48. The molecule has 41 heavy (non-hydrogen) atoms. The summed E-state index contributed by atoms with van der Waals surface area (Å²) in [4.78, 5) is 30.7. The molecule has 10 nitrogen and oxygen atoms in total. The number of carbonyl (C=O) groups excluding carboxylic acids is 2. The quantitative estimate of drug-likeness (QED) is 0.490. The summed E-state index contributed by atoms with van der Waals surface area (Å²) >= 11 is 0. The number of hydrogen-bond donors (Lipinski definition) is 0. The monoisotopic (exact) mass is 570 g/mol. The van der Waals surface area contributed by atoms with Crippen LogP contribution in [-0.4, -0.2) is 102 Å². The summed E-state index contributed by atoms with van der Waals surface area (Å²) in [6.07, 6.45) is 3.59. The molecule has 4 bridgehead atoms. The van der Waals surface area contributed by atoms with Crippen molar-refractivity contribution in [2.24, 2.45) is 0 Å². The number of fused-ring (bicyclic) bond motifs is 5. The highest BCUT2D eigenvalue weighted by atomic mass is 16.5. The average molecular weight is 571 g/mol. The maximum Gasteiger partial charge on any atom is 0.338 e. The van der Waals surface area contributed by atoms with E-state index in [9.17, 15) is 9.59 Å². The van der Waals surface area contributed by atoms with E-state index in [-0.39, 0.29) is 12.1 Å². The molecule has 1 saturated heterocycles. The first-order valence-corrected chi connectivity index (χ1v) is 14.4. The summed E-state index contributed by atoms with van der Waals surface area (Å²) in [6, 6.07) is 10.3. The highest BCUT2D eigenvalue weighted by Gasteiger charge is 2.23. The molecule has 0 aromatic heterocycles. The van der Waals surface area contributed by atoms with Gasteiger partial charge in [0.15, 0.2) is 11.5 Å². The molecule has 2 aromatic carbocycles. The first-order chi connectivity index (χ1) is 20.0. The zero-order valence-corrected chi connectivity index (χ0v) is 24.4. The summed E-state index contributed by atoms with van der Waals surface area (Å²) < 4.78 is 33.7. The maximum absolute atomic E-state index is 13.3. The minimum atomic E-state index is -0.443. The number of methoxy groups -OCH3 is 3.